The summed E-state index contributed by atoms with van der Waals surface area (Å²) >= 11 is 3.56. The number of rotatable bonds is 6. The minimum absolute atomic E-state index is 0.269. The molecule has 0 saturated carbocycles. The second-order valence-corrected chi connectivity index (χ2v) is 9.78. The van der Waals surface area contributed by atoms with Gasteiger partial charge in [-0.3, -0.25) is 4.79 Å². The fraction of sp³-hybridized carbons (Fsp3) is 0.391. The number of likely N-dealkylation sites (N-methyl/N-ethyl adjacent to an activating group) is 1. The minimum Gasteiger partial charge on any atom is -0.338 e. The Balaban J connectivity index is 1.28. The van der Waals surface area contributed by atoms with Crippen LogP contribution in [-0.4, -0.2) is 48.7 Å². The highest BCUT2D eigenvalue weighted by Gasteiger charge is 2.27. The van der Waals surface area contributed by atoms with E-state index in [4.69, 9.17) is 4.98 Å². The van der Waals surface area contributed by atoms with Crippen LogP contribution in [0.25, 0.3) is 10.2 Å². The maximum absolute atomic E-state index is 12.8. The van der Waals surface area contributed by atoms with Crippen LogP contribution in [0.3, 0.4) is 0 Å². The average Bonchev–Trinajstić information content (AvgIpc) is 3.18. The van der Waals surface area contributed by atoms with E-state index in [0.717, 1.165) is 38.0 Å². The van der Waals surface area contributed by atoms with Gasteiger partial charge in [0.2, 0.25) is 0 Å². The van der Waals surface area contributed by atoms with E-state index < -0.39 is 0 Å². The Kier molecular flexibility index (Phi) is 6.53. The zero-order valence-corrected chi connectivity index (χ0v) is 18.7. The number of nitrogens with one attached hydrogen (secondary N) is 1. The topological polar surface area (TPSA) is 37.6 Å². The van der Waals surface area contributed by atoms with E-state index in [2.05, 4.69) is 55.8 Å². The molecule has 1 atom stereocenters. The third-order valence-electron chi connectivity index (χ3n) is 5.63. The molecule has 0 aliphatic carbocycles. The molecular formula is C23H28N3OS2+. The third-order valence-corrected chi connectivity index (χ3v) is 7.57. The number of thiazole rings is 1. The highest BCUT2D eigenvalue weighted by atomic mass is 32.2. The fourth-order valence-electron chi connectivity index (χ4n) is 3.96. The Labute approximate surface area is 180 Å². The van der Waals surface area contributed by atoms with Gasteiger partial charge in [0.1, 0.15) is 6.54 Å². The normalized spacial score (nSPS) is 16.3. The van der Waals surface area contributed by atoms with Crippen molar-refractivity contribution >= 4 is 39.2 Å². The molecule has 0 spiro atoms. The van der Waals surface area contributed by atoms with E-state index in [9.17, 15) is 4.79 Å². The quantitative estimate of drug-likeness (QED) is 0.614. The van der Waals surface area contributed by atoms with Gasteiger partial charge in [0.25, 0.3) is 5.91 Å². The lowest BCUT2D eigenvalue weighted by Crippen LogP contribution is -3.08. The maximum Gasteiger partial charge on any atom is 0.277 e. The van der Waals surface area contributed by atoms with E-state index in [-0.39, 0.29) is 5.91 Å². The van der Waals surface area contributed by atoms with Crippen LogP contribution in [0.1, 0.15) is 29.3 Å². The molecule has 152 valence electrons. The summed E-state index contributed by atoms with van der Waals surface area (Å²) in [5.41, 5.74) is 2.38. The van der Waals surface area contributed by atoms with Gasteiger partial charge >= 0.3 is 0 Å². The van der Waals surface area contributed by atoms with Crippen molar-refractivity contribution in [2.75, 3.05) is 32.9 Å². The summed E-state index contributed by atoms with van der Waals surface area (Å²) in [6.45, 7) is 3.11. The molecule has 1 aliphatic rings. The van der Waals surface area contributed by atoms with Gasteiger partial charge in [0, 0.05) is 29.5 Å². The molecule has 0 radical (unpaired) electrons. The number of carbonyl (C=O) groups excluding carboxylic acids is 1. The molecule has 2 heterocycles. The van der Waals surface area contributed by atoms with Crippen LogP contribution in [-0.2, 0) is 11.3 Å². The van der Waals surface area contributed by atoms with E-state index in [1.165, 1.54) is 25.1 Å². The lowest BCUT2D eigenvalue weighted by atomic mass is 9.97. The number of carbonyl (C=O) groups is 1. The van der Waals surface area contributed by atoms with Crippen LogP contribution in [0.2, 0.25) is 0 Å². The highest BCUT2D eigenvalue weighted by molar-refractivity contribution is 7.98. The molecule has 0 bridgehead atoms. The Morgan fingerprint density at radius 1 is 1.17 bits per heavy atom. The summed E-state index contributed by atoms with van der Waals surface area (Å²) in [6.07, 6.45) is 4.12. The number of hydrogen-bond donors (Lipinski definition) is 1. The van der Waals surface area contributed by atoms with E-state index in [1.807, 2.05) is 22.3 Å². The minimum atomic E-state index is 0.269. The molecule has 3 aromatic rings. The zero-order valence-electron chi connectivity index (χ0n) is 17.1. The van der Waals surface area contributed by atoms with Gasteiger partial charge in [-0.1, -0.05) is 24.3 Å². The number of aromatic nitrogens is 1. The first-order valence-electron chi connectivity index (χ1n) is 10.2. The van der Waals surface area contributed by atoms with Crippen molar-refractivity contribution in [2.24, 2.45) is 0 Å². The predicted molar refractivity (Wildman–Crippen MR) is 122 cm³/mol. The zero-order chi connectivity index (χ0) is 20.2. The number of quaternary nitrogens is 1. The second kappa shape index (κ2) is 9.28. The van der Waals surface area contributed by atoms with E-state index in [0.29, 0.717) is 12.5 Å². The van der Waals surface area contributed by atoms with Crippen molar-refractivity contribution in [3.63, 3.8) is 0 Å². The number of piperidine rings is 1. The van der Waals surface area contributed by atoms with Crippen LogP contribution in [0.5, 0.6) is 0 Å². The summed E-state index contributed by atoms with van der Waals surface area (Å²) in [5, 5.41) is 1.23. The predicted octanol–water partition coefficient (Wildman–Crippen LogP) is 3.44. The Morgan fingerprint density at radius 2 is 1.90 bits per heavy atom. The first kappa shape index (κ1) is 20.4. The Bertz CT molecular complexity index is 929. The summed E-state index contributed by atoms with van der Waals surface area (Å²) in [4.78, 5) is 22.2. The third kappa shape index (κ3) is 5.00. The highest BCUT2D eigenvalue weighted by Crippen LogP contribution is 2.33. The molecule has 2 aromatic carbocycles. The van der Waals surface area contributed by atoms with Crippen molar-refractivity contribution < 1.29 is 9.69 Å². The summed E-state index contributed by atoms with van der Waals surface area (Å²) < 4.78 is 1.26. The van der Waals surface area contributed by atoms with Gasteiger partial charge < -0.3 is 9.80 Å². The van der Waals surface area contributed by atoms with Gasteiger partial charge in [-0.15, -0.1) is 23.1 Å². The van der Waals surface area contributed by atoms with Crippen molar-refractivity contribution in [2.45, 2.75) is 30.2 Å². The molecule has 6 heteroatoms. The Hall–Kier alpha value is -1.89. The molecule has 1 amide bonds. The first-order chi connectivity index (χ1) is 14.1. The van der Waals surface area contributed by atoms with E-state index in [1.54, 1.807) is 11.8 Å². The average molecular weight is 427 g/mol. The van der Waals surface area contributed by atoms with Gasteiger partial charge in [0.05, 0.1) is 22.3 Å². The van der Waals surface area contributed by atoms with Gasteiger partial charge in [-0.2, -0.15) is 0 Å². The lowest BCUT2D eigenvalue weighted by Gasteiger charge is -2.31. The van der Waals surface area contributed by atoms with Crippen molar-refractivity contribution in [1.82, 2.24) is 9.88 Å². The second-order valence-electron chi connectivity index (χ2n) is 7.83. The Morgan fingerprint density at radius 3 is 2.59 bits per heavy atom. The number of para-hydroxylation sites is 1. The smallest absolute Gasteiger partial charge is 0.277 e. The van der Waals surface area contributed by atoms with Crippen LogP contribution in [0.4, 0.5) is 0 Å². The van der Waals surface area contributed by atoms with Gasteiger partial charge in [-0.05, 0) is 43.4 Å². The molecule has 29 heavy (non-hydrogen) atoms. The summed E-state index contributed by atoms with van der Waals surface area (Å²) in [5.74, 6) is 0.752. The lowest BCUT2D eigenvalue weighted by molar-refractivity contribution is -0.885. The molecular weight excluding hydrogens is 398 g/mol. The van der Waals surface area contributed by atoms with Crippen LogP contribution in [0, 0.1) is 0 Å². The monoisotopic (exact) mass is 426 g/mol. The van der Waals surface area contributed by atoms with Gasteiger partial charge in [0.15, 0.2) is 6.54 Å². The number of hydrogen-bond acceptors (Lipinski definition) is 4. The summed E-state index contributed by atoms with van der Waals surface area (Å²) in [7, 11) is 2.11. The largest absolute Gasteiger partial charge is 0.338 e. The molecule has 4 rings (SSSR count). The molecule has 4 nitrogen and oxygen atoms in total. The number of likely N-dealkylation sites (tertiary alicyclic amines) is 1. The maximum atomic E-state index is 12.8. The molecule has 1 saturated heterocycles. The van der Waals surface area contributed by atoms with E-state index >= 15 is 0 Å². The number of thioether (sulfide) groups is 1. The van der Waals surface area contributed by atoms with Crippen molar-refractivity contribution in [3.05, 3.63) is 59.1 Å². The molecule has 1 fully saturated rings. The fourth-order valence-corrected chi connectivity index (χ4v) is 5.51. The number of amides is 1. The van der Waals surface area contributed by atoms with Crippen LogP contribution in [0.15, 0.2) is 53.4 Å². The van der Waals surface area contributed by atoms with Crippen LogP contribution >= 0.6 is 23.1 Å². The van der Waals surface area contributed by atoms with Gasteiger partial charge in [-0.25, -0.2) is 4.98 Å². The number of nitrogens with zero attached hydrogens (tertiary/aromatic N) is 2. The van der Waals surface area contributed by atoms with Crippen molar-refractivity contribution in [1.29, 1.82) is 0 Å². The number of benzene rings is 2. The van der Waals surface area contributed by atoms with Crippen LogP contribution < -0.4 is 4.90 Å². The summed E-state index contributed by atoms with van der Waals surface area (Å²) in [6, 6.07) is 17.0. The molecule has 1 unspecified atom stereocenters. The number of fused-ring (bicyclic) bond motifs is 1. The van der Waals surface area contributed by atoms with Crippen molar-refractivity contribution in [3.8, 4) is 0 Å². The molecule has 1 N–H and O–H groups in total. The molecule has 1 aromatic heterocycles. The standard InChI is InChI=1S/C23H27N3OS2/c1-25(15-17-7-9-19(28-2)10-8-17)16-22(27)26-13-11-18(12-14-26)23-24-20-5-3-4-6-21(20)29-23/h3-10,18H,11-16H2,1-2H3/p+1. The SMILES string of the molecule is CSc1ccc(C[NH+](C)CC(=O)N2CCC(c3nc4ccccc4s3)CC2)cc1. The molecule has 1 aliphatic heterocycles. The first-order valence-corrected chi connectivity index (χ1v) is 12.2.